The molecule has 4 aromatic carbocycles. The second-order valence-electron chi connectivity index (χ2n) is 14.9. The molecule has 0 unspecified atom stereocenters. The fourth-order valence-electron chi connectivity index (χ4n) is 5.87. The van der Waals surface area contributed by atoms with Crippen LogP contribution in [0.5, 0.6) is 0 Å². The maximum atomic E-state index is 13.4. The first-order chi connectivity index (χ1) is 31.9. The minimum Gasteiger partial charge on any atom is -0.347 e. The van der Waals surface area contributed by atoms with Gasteiger partial charge in [0.1, 0.15) is 52.9 Å². The Kier molecular flexibility index (Phi) is 17.4. The summed E-state index contributed by atoms with van der Waals surface area (Å²) in [5.41, 5.74) is 1.70. The second-order valence-corrected chi connectivity index (χ2v) is 14.9. The Balaban J connectivity index is 0.000000287. The molecule has 0 saturated heterocycles. The van der Waals surface area contributed by atoms with Crippen LogP contribution in [0, 0.1) is 52.1 Å². The summed E-state index contributed by atoms with van der Waals surface area (Å²) >= 11 is 0. The first kappa shape index (κ1) is 53.1. The van der Waals surface area contributed by atoms with Crippen molar-refractivity contribution in [3.8, 4) is 0 Å². The van der Waals surface area contributed by atoms with Crippen LogP contribution in [-0.2, 0) is 24.3 Å². The van der Waals surface area contributed by atoms with Gasteiger partial charge in [0.25, 0.3) is 41.4 Å². The van der Waals surface area contributed by atoms with Gasteiger partial charge < -0.3 is 36.0 Å². The van der Waals surface area contributed by atoms with Crippen LogP contribution in [-0.4, -0.2) is 74.2 Å². The zero-order valence-corrected chi connectivity index (χ0v) is 37.7. The maximum absolute atomic E-state index is 13.4. The number of halogens is 3. The highest BCUT2D eigenvalue weighted by Gasteiger charge is 2.33. The molecule has 358 valence electrons. The van der Waals surface area contributed by atoms with Crippen LogP contribution in [0.3, 0.4) is 0 Å². The van der Waals surface area contributed by atoms with Gasteiger partial charge in [0.05, 0.1) is 0 Å². The third kappa shape index (κ3) is 13.8. The summed E-state index contributed by atoms with van der Waals surface area (Å²) in [7, 11) is 0. The number of nitrogens with zero attached hydrogens (tertiary/aromatic N) is 4. The monoisotopic (exact) mass is 942 g/mol. The van der Waals surface area contributed by atoms with Crippen molar-refractivity contribution in [3.63, 3.8) is 0 Å². The first-order valence-electron chi connectivity index (χ1n) is 20.5. The van der Waals surface area contributed by atoms with Gasteiger partial charge in [-0.15, -0.1) is 0 Å². The number of aromatic nitrogens is 4. The Morgan fingerprint density at radius 3 is 1.07 bits per heavy atom. The minimum absolute atomic E-state index is 0.0620. The molecule has 0 radical (unpaired) electrons. The van der Waals surface area contributed by atoms with Crippen molar-refractivity contribution in [1.82, 2.24) is 41.2 Å². The topological polar surface area (TPSA) is 289 Å². The van der Waals surface area contributed by atoms with E-state index in [9.17, 15) is 63.0 Å². The predicted octanol–water partition coefficient (Wildman–Crippen LogP) is 3.44. The molecule has 0 bridgehead atoms. The molecule has 2 aromatic heterocycles. The number of aryl methyl sites for hydroxylation is 5. The van der Waals surface area contributed by atoms with Gasteiger partial charge in [0.2, 0.25) is 0 Å². The van der Waals surface area contributed by atoms with E-state index in [1.165, 1.54) is 26.8 Å². The molecule has 0 aliphatic carbocycles. The van der Waals surface area contributed by atoms with Gasteiger partial charge in [-0.05, 0) is 123 Å². The summed E-state index contributed by atoms with van der Waals surface area (Å²) in [6.07, 6.45) is 1.85. The number of aliphatic hydroxyl groups is 6. The molecule has 4 amide bonds. The predicted molar refractivity (Wildman–Crippen MR) is 237 cm³/mol. The zero-order valence-electron chi connectivity index (χ0n) is 37.7. The van der Waals surface area contributed by atoms with Gasteiger partial charge in [-0.2, -0.15) is 0 Å². The average Bonchev–Trinajstić information content (AvgIpc) is 3.29. The molecule has 68 heavy (non-hydrogen) atoms. The number of amides is 4. The van der Waals surface area contributed by atoms with E-state index in [-0.39, 0.29) is 51.3 Å². The molecule has 0 saturated carbocycles. The van der Waals surface area contributed by atoms with Crippen LogP contribution >= 0.6 is 0 Å². The lowest BCUT2D eigenvalue weighted by Gasteiger charge is -2.24. The normalized spacial score (nSPS) is 11.2. The molecule has 0 atom stereocenters. The number of hydrogen-bond donors (Lipinski definition) is 10. The molecule has 21 heteroatoms. The van der Waals surface area contributed by atoms with E-state index in [2.05, 4.69) is 25.3 Å². The fraction of sp³-hybridized carbons (Fsp3) is 0.234. The molecule has 2 heterocycles. The molecule has 10 N–H and O–H groups in total. The van der Waals surface area contributed by atoms with Crippen LogP contribution in [0.25, 0.3) is 0 Å². The van der Waals surface area contributed by atoms with E-state index >= 15 is 0 Å². The van der Waals surface area contributed by atoms with Crippen molar-refractivity contribution >= 4 is 23.6 Å². The molecular weight excluding hydrogens is 894 g/mol. The van der Waals surface area contributed by atoms with E-state index < -0.39 is 70.2 Å². The van der Waals surface area contributed by atoms with Crippen LogP contribution in [0.15, 0.2) is 97.6 Å². The molecule has 6 aromatic rings. The Labute approximate surface area is 387 Å². The van der Waals surface area contributed by atoms with Crippen molar-refractivity contribution in [1.29, 1.82) is 0 Å². The third-order valence-electron chi connectivity index (χ3n) is 9.83. The number of carbonyl (C=O) groups is 4. The van der Waals surface area contributed by atoms with Crippen molar-refractivity contribution < 1.29 is 63.0 Å². The maximum Gasteiger partial charge on any atom is 0.275 e. The van der Waals surface area contributed by atoms with E-state index in [0.29, 0.717) is 0 Å². The molecule has 0 aliphatic heterocycles. The van der Waals surface area contributed by atoms with Crippen molar-refractivity contribution in [3.05, 3.63) is 188 Å². The summed E-state index contributed by atoms with van der Waals surface area (Å²) in [5, 5.41) is 69.8. The van der Waals surface area contributed by atoms with Crippen LogP contribution in [0.4, 0.5) is 13.2 Å². The summed E-state index contributed by atoms with van der Waals surface area (Å²) < 4.78 is 40.3. The second kappa shape index (κ2) is 22.3. The molecule has 0 aliphatic rings. The van der Waals surface area contributed by atoms with E-state index in [4.69, 9.17) is 0 Å². The van der Waals surface area contributed by atoms with Gasteiger partial charge in [-0.3, -0.25) is 35.1 Å². The summed E-state index contributed by atoms with van der Waals surface area (Å²) in [5.74, 6) is -14.0. The van der Waals surface area contributed by atoms with Gasteiger partial charge in [0, 0.05) is 35.4 Å². The highest BCUT2D eigenvalue weighted by molar-refractivity contribution is 5.98. The molecule has 18 nitrogen and oxygen atoms in total. The van der Waals surface area contributed by atoms with Gasteiger partial charge >= 0.3 is 0 Å². The van der Waals surface area contributed by atoms with Crippen molar-refractivity contribution in [2.24, 2.45) is 0 Å². The van der Waals surface area contributed by atoms with E-state index in [1.54, 1.807) is 0 Å². The summed E-state index contributed by atoms with van der Waals surface area (Å²) in [4.78, 5) is 64.9. The molecule has 0 spiro atoms. The number of nitrogens with one attached hydrogen (secondary N) is 4. The number of benzene rings is 4. The fourth-order valence-corrected chi connectivity index (χ4v) is 5.87. The quantitative estimate of drug-likeness (QED) is 0.0787. The first-order valence-corrected chi connectivity index (χ1v) is 20.5. The summed E-state index contributed by atoms with van der Waals surface area (Å²) in [6, 6.07) is 17.5. The van der Waals surface area contributed by atoms with Crippen LogP contribution in [0.1, 0.15) is 106 Å². The smallest absolute Gasteiger partial charge is 0.275 e. The Bertz CT molecular complexity index is 2730. The zero-order chi connectivity index (χ0) is 50.7. The Hall–Kier alpha value is -7.53. The van der Waals surface area contributed by atoms with Gasteiger partial charge in [0.15, 0.2) is 0 Å². The van der Waals surface area contributed by atoms with E-state index in [0.717, 1.165) is 90.0 Å². The van der Waals surface area contributed by atoms with Gasteiger partial charge in [-0.25, -0.2) is 33.1 Å². The highest BCUT2D eigenvalue weighted by Crippen LogP contribution is 2.22. The largest absolute Gasteiger partial charge is 0.347 e. The molecular formula is C47H49F3N8O10. The van der Waals surface area contributed by atoms with Crippen LogP contribution in [0.2, 0.25) is 0 Å². The summed E-state index contributed by atoms with van der Waals surface area (Å²) in [6.45, 7) is 12.5. The average molecular weight is 943 g/mol. The highest BCUT2D eigenvalue weighted by atomic mass is 19.1. The lowest BCUT2D eigenvalue weighted by molar-refractivity contribution is -0.186. The standard InChI is InChI=1S/C23H23FN4O4.C22H20F2N4O6.C2H6/c1-13-4-5-16(8-14(13)2)11-25-21(29)19-10-20(27-12-26-19)22(30)28-23(31,32)17-6-7-18(24)15(3)9-17;1-11-7-13(3-5-15(11)23)21(31,32)27-19(29)17-9-18(26-10-25-17)20(30)28-22(33,34)14-4-6-16(24)12(2)8-14;1-2/h4-10,12,31-32H,11H2,1-3H3,(H,25,29)(H,28,30);3-10,31-34H,1-2H3,(H,27,29)(H,28,30);1-2H3. The van der Waals surface area contributed by atoms with Crippen LogP contribution < -0.4 is 21.3 Å². The molecule has 0 fully saturated rings. The SMILES string of the molecule is CC.Cc1cc(C(O)(O)NC(=O)c2cc(C(=O)NC(O)(O)c3ccc(F)c(C)c3)ncn2)ccc1F.Cc1ccc(CNC(=O)c2cc(C(=O)NC(O)(O)c3ccc(F)c(C)c3)ncn2)cc1C. The Morgan fingerprint density at radius 1 is 0.441 bits per heavy atom. The van der Waals surface area contributed by atoms with Gasteiger partial charge in [-0.1, -0.05) is 32.0 Å². The lowest BCUT2D eigenvalue weighted by atomic mass is 10.1. The minimum atomic E-state index is -2.89. The van der Waals surface area contributed by atoms with Crippen molar-refractivity contribution in [2.75, 3.05) is 0 Å². The number of rotatable bonds is 12. The third-order valence-corrected chi connectivity index (χ3v) is 9.83. The number of hydrogen-bond acceptors (Lipinski definition) is 14. The lowest BCUT2D eigenvalue weighted by Crippen LogP contribution is -2.47. The van der Waals surface area contributed by atoms with Crippen molar-refractivity contribution in [2.45, 2.75) is 72.7 Å². The molecule has 6 rings (SSSR count). The Morgan fingerprint density at radius 2 is 0.765 bits per heavy atom. The number of carbonyl (C=O) groups excluding carboxylic acids is 4. The van der Waals surface area contributed by atoms with E-state index in [1.807, 2.05) is 61.8 Å².